The first-order chi connectivity index (χ1) is 12.1. The van der Waals surface area contributed by atoms with Crippen molar-refractivity contribution in [1.29, 1.82) is 0 Å². The molecule has 0 amide bonds. The fourth-order valence-electron chi connectivity index (χ4n) is 3.38. The number of nitrogens with one attached hydrogen (secondary N) is 1. The second-order valence-electron chi connectivity index (χ2n) is 6.17. The second kappa shape index (κ2) is 6.24. The molecular weight excluding hydrogens is 342 g/mol. The zero-order chi connectivity index (χ0) is 17.4. The Morgan fingerprint density at radius 3 is 2.88 bits per heavy atom. The molecule has 2 unspecified atom stereocenters. The standard InChI is InChI=1S/C18H19NO5S/c1-22-12-3-2-4-14(9-12)25(20,21)24-13-5-6-17-16(10-13)15-7-8-19-11-18(15)23-17/h2-6,9-10,15,18-19H,7-8,11H2,1H3. The molecule has 2 heterocycles. The van der Waals surface area contributed by atoms with Crippen LogP contribution >= 0.6 is 0 Å². The monoisotopic (exact) mass is 361 g/mol. The summed E-state index contributed by atoms with van der Waals surface area (Å²) in [6.45, 7) is 1.73. The van der Waals surface area contributed by atoms with Crippen LogP contribution in [-0.4, -0.2) is 34.7 Å². The number of fused-ring (bicyclic) bond motifs is 3. The first-order valence-corrected chi connectivity index (χ1v) is 9.57. The topological polar surface area (TPSA) is 73.9 Å². The van der Waals surface area contributed by atoms with Crippen molar-refractivity contribution in [2.45, 2.75) is 23.3 Å². The first-order valence-electron chi connectivity index (χ1n) is 8.17. The fraction of sp³-hybridized carbons (Fsp3) is 0.333. The number of rotatable bonds is 4. The molecule has 4 rings (SSSR count). The number of ether oxygens (including phenoxy) is 2. The summed E-state index contributed by atoms with van der Waals surface area (Å²) in [5.41, 5.74) is 1.02. The molecule has 1 fully saturated rings. The predicted octanol–water partition coefficient (Wildman–Crippen LogP) is 2.30. The lowest BCUT2D eigenvalue weighted by Gasteiger charge is -2.24. The third-order valence-electron chi connectivity index (χ3n) is 4.62. The van der Waals surface area contributed by atoms with E-state index in [2.05, 4.69) is 5.32 Å². The SMILES string of the molecule is COc1cccc(S(=O)(=O)Oc2ccc3c(c2)C2CCNCC2O3)c1. The van der Waals surface area contributed by atoms with E-state index in [0.717, 1.165) is 30.8 Å². The molecule has 2 aromatic rings. The van der Waals surface area contributed by atoms with Crippen molar-refractivity contribution in [2.75, 3.05) is 20.2 Å². The number of methoxy groups -OCH3 is 1. The average Bonchev–Trinajstić information content (AvgIpc) is 2.99. The van der Waals surface area contributed by atoms with Crippen LogP contribution in [0, 0.1) is 0 Å². The van der Waals surface area contributed by atoms with Gasteiger partial charge in [0.25, 0.3) is 0 Å². The van der Waals surface area contributed by atoms with Gasteiger partial charge in [0.05, 0.1) is 7.11 Å². The molecule has 0 radical (unpaired) electrons. The van der Waals surface area contributed by atoms with Crippen molar-refractivity contribution < 1.29 is 22.1 Å². The van der Waals surface area contributed by atoms with Crippen LogP contribution in [0.2, 0.25) is 0 Å². The zero-order valence-corrected chi connectivity index (χ0v) is 14.6. The lowest BCUT2D eigenvalue weighted by Crippen LogP contribution is -2.39. The number of benzene rings is 2. The predicted molar refractivity (Wildman–Crippen MR) is 91.9 cm³/mol. The highest BCUT2D eigenvalue weighted by Crippen LogP contribution is 2.43. The van der Waals surface area contributed by atoms with Crippen molar-refractivity contribution in [1.82, 2.24) is 5.32 Å². The Labute approximate surface area is 146 Å². The molecule has 0 aromatic heterocycles. The summed E-state index contributed by atoms with van der Waals surface area (Å²) in [6, 6.07) is 11.4. The molecule has 0 spiro atoms. The van der Waals surface area contributed by atoms with Gasteiger partial charge in [0.1, 0.15) is 28.2 Å². The summed E-state index contributed by atoms with van der Waals surface area (Å²) < 4.78 is 41.4. The van der Waals surface area contributed by atoms with Crippen molar-refractivity contribution >= 4 is 10.1 Å². The molecule has 132 valence electrons. The Morgan fingerprint density at radius 2 is 2.04 bits per heavy atom. The molecule has 2 aliphatic heterocycles. The number of hydrogen-bond acceptors (Lipinski definition) is 6. The molecule has 1 N–H and O–H groups in total. The number of piperidine rings is 1. The van der Waals surface area contributed by atoms with E-state index in [-0.39, 0.29) is 16.9 Å². The summed E-state index contributed by atoms with van der Waals surface area (Å²) in [5.74, 6) is 1.85. The van der Waals surface area contributed by atoms with Gasteiger partial charge in [0.15, 0.2) is 0 Å². The summed E-state index contributed by atoms with van der Waals surface area (Å²) >= 11 is 0. The molecule has 2 aliphatic rings. The molecule has 0 aliphatic carbocycles. The minimum atomic E-state index is -3.93. The van der Waals surface area contributed by atoms with Gasteiger partial charge in [-0.3, -0.25) is 0 Å². The normalized spacial score (nSPS) is 21.8. The third-order valence-corrected chi connectivity index (χ3v) is 5.86. The Bertz CT molecular complexity index is 896. The van der Waals surface area contributed by atoms with Gasteiger partial charge in [-0.05, 0) is 43.3 Å². The Morgan fingerprint density at radius 1 is 1.16 bits per heavy atom. The van der Waals surface area contributed by atoms with Crippen LogP contribution in [0.25, 0.3) is 0 Å². The Balaban J connectivity index is 1.61. The molecule has 2 atom stereocenters. The van der Waals surface area contributed by atoms with E-state index in [1.807, 2.05) is 0 Å². The fourth-order valence-corrected chi connectivity index (χ4v) is 4.34. The number of hydrogen-bond donors (Lipinski definition) is 1. The van der Waals surface area contributed by atoms with Crippen LogP contribution in [-0.2, 0) is 10.1 Å². The third kappa shape index (κ3) is 3.05. The first kappa shape index (κ1) is 16.2. The summed E-state index contributed by atoms with van der Waals surface area (Å²) in [7, 11) is -2.44. The molecule has 2 aromatic carbocycles. The smallest absolute Gasteiger partial charge is 0.339 e. The van der Waals surface area contributed by atoms with Crippen LogP contribution in [0.15, 0.2) is 47.4 Å². The van der Waals surface area contributed by atoms with Gasteiger partial charge in [0, 0.05) is 24.1 Å². The Kier molecular flexibility index (Phi) is 4.05. The zero-order valence-electron chi connectivity index (χ0n) is 13.8. The largest absolute Gasteiger partial charge is 0.497 e. The van der Waals surface area contributed by atoms with Crippen molar-refractivity contribution in [3.63, 3.8) is 0 Å². The highest BCUT2D eigenvalue weighted by atomic mass is 32.2. The van der Waals surface area contributed by atoms with Crippen LogP contribution in [0.3, 0.4) is 0 Å². The second-order valence-corrected chi connectivity index (χ2v) is 7.72. The van der Waals surface area contributed by atoms with E-state index in [9.17, 15) is 8.42 Å². The van der Waals surface area contributed by atoms with Gasteiger partial charge >= 0.3 is 10.1 Å². The molecule has 25 heavy (non-hydrogen) atoms. The van der Waals surface area contributed by atoms with Crippen LogP contribution in [0.5, 0.6) is 17.2 Å². The lowest BCUT2D eigenvalue weighted by molar-refractivity contribution is 0.177. The molecule has 6 nitrogen and oxygen atoms in total. The minimum Gasteiger partial charge on any atom is -0.497 e. The maximum absolute atomic E-state index is 12.5. The van der Waals surface area contributed by atoms with Crippen molar-refractivity contribution in [3.8, 4) is 17.2 Å². The van der Waals surface area contributed by atoms with Crippen molar-refractivity contribution in [3.05, 3.63) is 48.0 Å². The molecule has 1 saturated heterocycles. The summed E-state index contributed by atoms with van der Waals surface area (Å²) in [6.07, 6.45) is 1.07. The van der Waals surface area contributed by atoms with Gasteiger partial charge in [-0.2, -0.15) is 8.42 Å². The van der Waals surface area contributed by atoms with Gasteiger partial charge < -0.3 is 19.0 Å². The quantitative estimate of drug-likeness (QED) is 0.843. The van der Waals surface area contributed by atoms with E-state index in [1.54, 1.807) is 30.3 Å². The highest BCUT2D eigenvalue weighted by Gasteiger charge is 2.36. The van der Waals surface area contributed by atoms with Crippen LogP contribution < -0.4 is 19.0 Å². The van der Waals surface area contributed by atoms with Gasteiger partial charge in [-0.25, -0.2) is 0 Å². The maximum Gasteiger partial charge on any atom is 0.339 e. The maximum atomic E-state index is 12.5. The van der Waals surface area contributed by atoms with Crippen LogP contribution in [0.1, 0.15) is 17.9 Å². The van der Waals surface area contributed by atoms with E-state index in [4.69, 9.17) is 13.7 Å². The lowest BCUT2D eigenvalue weighted by atomic mass is 9.90. The molecular formula is C18H19NO5S. The van der Waals surface area contributed by atoms with Crippen LogP contribution in [0.4, 0.5) is 0 Å². The summed E-state index contributed by atoms with van der Waals surface area (Å²) in [4.78, 5) is 0.0586. The average molecular weight is 361 g/mol. The summed E-state index contributed by atoms with van der Waals surface area (Å²) in [5, 5.41) is 3.31. The van der Waals surface area contributed by atoms with E-state index in [0.29, 0.717) is 11.5 Å². The van der Waals surface area contributed by atoms with E-state index < -0.39 is 10.1 Å². The molecule has 0 bridgehead atoms. The van der Waals surface area contributed by atoms with E-state index >= 15 is 0 Å². The Hall–Kier alpha value is -2.25. The molecule has 0 saturated carbocycles. The van der Waals surface area contributed by atoms with Gasteiger partial charge in [-0.15, -0.1) is 0 Å². The van der Waals surface area contributed by atoms with Crippen molar-refractivity contribution in [2.24, 2.45) is 0 Å². The van der Waals surface area contributed by atoms with Gasteiger partial charge in [0.2, 0.25) is 0 Å². The highest BCUT2D eigenvalue weighted by molar-refractivity contribution is 7.87. The minimum absolute atomic E-state index is 0.0586. The molecule has 7 heteroatoms. The van der Waals surface area contributed by atoms with Gasteiger partial charge in [-0.1, -0.05) is 6.07 Å². The van der Waals surface area contributed by atoms with E-state index in [1.165, 1.54) is 19.2 Å².